The van der Waals surface area contributed by atoms with Crippen LogP contribution in [-0.4, -0.2) is 43.1 Å². The van der Waals surface area contributed by atoms with E-state index in [2.05, 4.69) is 16.0 Å². The molecule has 0 aliphatic carbocycles. The number of amides is 4. The first-order valence-corrected chi connectivity index (χ1v) is 10.4. The van der Waals surface area contributed by atoms with E-state index in [1.165, 1.54) is 6.07 Å². The lowest BCUT2D eigenvalue weighted by atomic mass is 10.1. The predicted molar refractivity (Wildman–Crippen MR) is 123 cm³/mol. The van der Waals surface area contributed by atoms with Crippen LogP contribution in [0.2, 0.25) is 0 Å². The van der Waals surface area contributed by atoms with Crippen molar-refractivity contribution in [2.45, 2.75) is 39.2 Å². The van der Waals surface area contributed by atoms with Gasteiger partial charge in [-0.2, -0.15) is 0 Å². The molecule has 2 rings (SSSR count). The summed E-state index contributed by atoms with van der Waals surface area (Å²) in [6.07, 6.45) is 0.722. The molecule has 0 spiro atoms. The zero-order valence-corrected chi connectivity index (χ0v) is 19.2. The Morgan fingerprint density at radius 1 is 0.909 bits per heavy atom. The van der Waals surface area contributed by atoms with Crippen LogP contribution in [-0.2, 0) is 20.7 Å². The van der Waals surface area contributed by atoms with Crippen molar-refractivity contribution in [1.82, 2.24) is 10.6 Å². The Bertz CT molecular complexity index is 996. The van der Waals surface area contributed by atoms with Gasteiger partial charge in [-0.3, -0.25) is 14.9 Å². The number of rotatable bonds is 8. The number of carbonyl (C=O) groups excluding carboxylic acids is 4. The maximum Gasteiger partial charge on any atom is 0.340 e. The number of benzene rings is 2. The summed E-state index contributed by atoms with van der Waals surface area (Å²) in [7, 11) is 1.58. The molecule has 9 nitrogen and oxygen atoms in total. The van der Waals surface area contributed by atoms with E-state index in [1.54, 1.807) is 46.1 Å². The van der Waals surface area contributed by atoms with Gasteiger partial charge in [0, 0.05) is 12.0 Å². The Morgan fingerprint density at radius 2 is 1.58 bits per heavy atom. The van der Waals surface area contributed by atoms with Gasteiger partial charge >= 0.3 is 12.0 Å². The number of methoxy groups -OCH3 is 1. The van der Waals surface area contributed by atoms with Gasteiger partial charge < -0.3 is 20.1 Å². The largest absolute Gasteiger partial charge is 0.497 e. The van der Waals surface area contributed by atoms with Crippen LogP contribution in [0.15, 0.2) is 48.5 Å². The first kappa shape index (κ1) is 25.4. The molecule has 33 heavy (non-hydrogen) atoms. The van der Waals surface area contributed by atoms with Gasteiger partial charge in [-0.15, -0.1) is 0 Å². The van der Waals surface area contributed by atoms with Gasteiger partial charge in [-0.1, -0.05) is 24.3 Å². The van der Waals surface area contributed by atoms with Crippen LogP contribution in [0.25, 0.3) is 0 Å². The fourth-order valence-electron chi connectivity index (χ4n) is 2.78. The van der Waals surface area contributed by atoms with Crippen molar-refractivity contribution in [3.63, 3.8) is 0 Å². The van der Waals surface area contributed by atoms with E-state index >= 15 is 0 Å². The highest BCUT2D eigenvalue weighted by molar-refractivity contribution is 6.02. The van der Waals surface area contributed by atoms with Gasteiger partial charge in [0.05, 0.1) is 18.4 Å². The van der Waals surface area contributed by atoms with Crippen LogP contribution in [0.3, 0.4) is 0 Å². The maximum atomic E-state index is 12.4. The van der Waals surface area contributed by atoms with Crippen LogP contribution in [0, 0.1) is 0 Å². The standard InChI is InChI=1S/C24H29N3O6/c1-24(2,3)27-23(31)26-21(29)15-33-22(30)18-7-5-6-8-19(18)25-20(28)14-11-16-9-12-17(32-4)13-10-16/h5-10,12-13H,11,14-15H2,1-4H3,(H,25,28)(H2,26,27,29,31). The summed E-state index contributed by atoms with van der Waals surface area (Å²) in [6.45, 7) is 4.65. The molecule has 0 heterocycles. The second-order valence-corrected chi connectivity index (χ2v) is 8.27. The molecule has 0 bridgehead atoms. The number of esters is 1. The Balaban J connectivity index is 1.88. The topological polar surface area (TPSA) is 123 Å². The molecule has 176 valence electrons. The number of hydrogen-bond donors (Lipinski definition) is 3. The molecule has 0 aliphatic heterocycles. The number of anilines is 1. The van der Waals surface area contributed by atoms with E-state index in [0.717, 1.165) is 11.3 Å². The molecular formula is C24H29N3O6. The molecule has 4 amide bonds. The minimum Gasteiger partial charge on any atom is -0.497 e. The highest BCUT2D eigenvalue weighted by Gasteiger charge is 2.18. The first-order chi connectivity index (χ1) is 15.6. The van der Waals surface area contributed by atoms with E-state index in [0.29, 0.717) is 6.42 Å². The van der Waals surface area contributed by atoms with E-state index in [-0.39, 0.29) is 23.6 Å². The number of carbonyl (C=O) groups is 4. The second kappa shape index (κ2) is 11.7. The molecule has 0 saturated heterocycles. The third-order valence-corrected chi connectivity index (χ3v) is 4.30. The number of ether oxygens (including phenoxy) is 2. The molecule has 0 atom stereocenters. The summed E-state index contributed by atoms with van der Waals surface area (Å²) in [5, 5.41) is 7.35. The zero-order valence-electron chi connectivity index (χ0n) is 19.2. The quantitative estimate of drug-likeness (QED) is 0.526. The van der Waals surface area contributed by atoms with Crippen molar-refractivity contribution in [2.24, 2.45) is 0 Å². The van der Waals surface area contributed by atoms with Crippen LogP contribution in [0.1, 0.15) is 43.1 Å². The van der Waals surface area contributed by atoms with E-state index in [9.17, 15) is 19.2 Å². The summed E-state index contributed by atoms with van der Waals surface area (Å²) in [6, 6.07) is 13.0. The lowest BCUT2D eigenvalue weighted by Crippen LogP contribution is -2.49. The lowest BCUT2D eigenvalue weighted by molar-refractivity contribution is -0.123. The third kappa shape index (κ3) is 9.02. The molecule has 2 aromatic carbocycles. The molecule has 9 heteroatoms. The molecule has 0 unspecified atom stereocenters. The molecule has 0 aliphatic rings. The van der Waals surface area contributed by atoms with Gasteiger partial charge in [0.25, 0.3) is 5.91 Å². The van der Waals surface area contributed by atoms with Crippen molar-refractivity contribution in [2.75, 3.05) is 19.0 Å². The highest BCUT2D eigenvalue weighted by atomic mass is 16.5. The lowest BCUT2D eigenvalue weighted by Gasteiger charge is -2.20. The molecule has 2 aromatic rings. The summed E-state index contributed by atoms with van der Waals surface area (Å²) in [5.41, 5.74) is 0.821. The van der Waals surface area contributed by atoms with Crippen molar-refractivity contribution in [3.8, 4) is 5.75 Å². The Kier molecular flexibility index (Phi) is 8.97. The van der Waals surface area contributed by atoms with Gasteiger partial charge in [-0.25, -0.2) is 9.59 Å². The number of para-hydroxylation sites is 1. The molecule has 0 saturated carbocycles. The predicted octanol–water partition coefficient (Wildman–Crippen LogP) is 3.05. The van der Waals surface area contributed by atoms with Crippen LogP contribution < -0.4 is 20.7 Å². The van der Waals surface area contributed by atoms with Crippen molar-refractivity contribution in [1.29, 1.82) is 0 Å². The SMILES string of the molecule is COc1ccc(CCC(=O)Nc2ccccc2C(=O)OCC(=O)NC(=O)NC(C)(C)C)cc1. The minimum atomic E-state index is -0.799. The Morgan fingerprint density at radius 3 is 2.21 bits per heavy atom. The smallest absolute Gasteiger partial charge is 0.340 e. The summed E-state index contributed by atoms with van der Waals surface area (Å²) in [5.74, 6) is -1.11. The zero-order chi connectivity index (χ0) is 24.4. The van der Waals surface area contributed by atoms with E-state index in [4.69, 9.17) is 9.47 Å². The number of aryl methyl sites for hydroxylation is 1. The van der Waals surface area contributed by atoms with Crippen molar-refractivity contribution < 1.29 is 28.7 Å². The van der Waals surface area contributed by atoms with Gasteiger partial charge in [0.2, 0.25) is 5.91 Å². The van der Waals surface area contributed by atoms with Crippen LogP contribution in [0.5, 0.6) is 5.75 Å². The first-order valence-electron chi connectivity index (χ1n) is 10.4. The average molecular weight is 456 g/mol. The summed E-state index contributed by atoms with van der Waals surface area (Å²) >= 11 is 0. The van der Waals surface area contributed by atoms with Crippen LogP contribution in [0.4, 0.5) is 10.5 Å². The fraction of sp³-hybridized carbons (Fsp3) is 0.333. The van der Waals surface area contributed by atoms with Crippen molar-refractivity contribution >= 4 is 29.5 Å². The summed E-state index contributed by atoms with van der Waals surface area (Å²) < 4.78 is 10.1. The van der Waals surface area contributed by atoms with E-state index in [1.807, 2.05) is 24.3 Å². The number of urea groups is 1. The Labute approximate surface area is 192 Å². The summed E-state index contributed by atoms with van der Waals surface area (Å²) in [4.78, 5) is 48.4. The minimum absolute atomic E-state index is 0.0993. The fourth-order valence-corrected chi connectivity index (χ4v) is 2.78. The maximum absolute atomic E-state index is 12.4. The van der Waals surface area contributed by atoms with E-state index < -0.39 is 30.1 Å². The molecule has 0 fully saturated rings. The number of nitrogens with one attached hydrogen (secondary N) is 3. The highest BCUT2D eigenvalue weighted by Crippen LogP contribution is 2.17. The van der Waals surface area contributed by atoms with Gasteiger partial charge in [0.1, 0.15) is 5.75 Å². The molecule has 0 aromatic heterocycles. The normalized spacial score (nSPS) is 10.7. The van der Waals surface area contributed by atoms with Gasteiger partial charge in [-0.05, 0) is 57.0 Å². The molecular weight excluding hydrogens is 426 g/mol. The second-order valence-electron chi connectivity index (χ2n) is 8.27. The number of imide groups is 1. The average Bonchev–Trinajstić information content (AvgIpc) is 2.75. The monoisotopic (exact) mass is 455 g/mol. The number of hydrogen-bond acceptors (Lipinski definition) is 6. The van der Waals surface area contributed by atoms with Gasteiger partial charge in [0.15, 0.2) is 6.61 Å². The van der Waals surface area contributed by atoms with Crippen molar-refractivity contribution in [3.05, 3.63) is 59.7 Å². The Hall–Kier alpha value is -3.88. The molecule has 0 radical (unpaired) electrons. The third-order valence-electron chi connectivity index (χ3n) is 4.30. The van der Waals surface area contributed by atoms with Crippen LogP contribution >= 0.6 is 0 Å². The molecule has 3 N–H and O–H groups in total.